The van der Waals surface area contributed by atoms with Crippen LogP contribution in [0.2, 0.25) is 0 Å². The van der Waals surface area contributed by atoms with E-state index in [0.717, 1.165) is 59.1 Å². The second-order valence-electron chi connectivity index (χ2n) is 14.6. The maximum absolute atomic E-state index is 14.4. The predicted octanol–water partition coefficient (Wildman–Crippen LogP) is 10.4. The van der Waals surface area contributed by atoms with Crippen LogP contribution in [0.15, 0.2) is 163 Å². The van der Waals surface area contributed by atoms with E-state index in [0.29, 0.717) is 25.5 Å². The third-order valence-corrected chi connectivity index (χ3v) is 11.0. The second kappa shape index (κ2) is 15.5. The molecule has 2 heterocycles. The van der Waals surface area contributed by atoms with E-state index in [1.807, 2.05) is 71.8 Å². The summed E-state index contributed by atoms with van der Waals surface area (Å²) in [6, 6.07) is 48.1. The number of pyridine rings is 2. The molecule has 2 amide bonds. The summed E-state index contributed by atoms with van der Waals surface area (Å²) in [5, 5.41) is 10.4. The Kier molecular flexibility index (Phi) is 9.72. The van der Waals surface area contributed by atoms with Gasteiger partial charge in [0.2, 0.25) is 0 Å². The number of aryl methyl sites for hydroxylation is 1. The van der Waals surface area contributed by atoms with E-state index < -0.39 is 0 Å². The van der Waals surface area contributed by atoms with Crippen molar-refractivity contribution in [2.75, 3.05) is 4.90 Å². The van der Waals surface area contributed by atoms with Crippen molar-refractivity contribution < 1.29 is 4.79 Å². The Balaban J connectivity index is 1.04. The van der Waals surface area contributed by atoms with Crippen LogP contribution in [0.5, 0.6) is 0 Å². The first-order valence-electron chi connectivity index (χ1n) is 19.2. The number of fused-ring (bicyclic) bond motifs is 5. The Morgan fingerprint density at radius 2 is 1.47 bits per heavy atom. The van der Waals surface area contributed by atoms with Crippen molar-refractivity contribution in [2.45, 2.75) is 51.4 Å². The van der Waals surface area contributed by atoms with Gasteiger partial charge in [-0.3, -0.25) is 9.88 Å². The number of urea groups is 1. The summed E-state index contributed by atoms with van der Waals surface area (Å²) in [6.07, 6.45) is 9.43. The number of rotatable bonds is 10. The number of amides is 2. The lowest BCUT2D eigenvalue weighted by atomic mass is 9.75. The van der Waals surface area contributed by atoms with Crippen LogP contribution in [0.1, 0.15) is 57.8 Å². The molecule has 0 saturated heterocycles. The SMILES string of the molecule is O=C(NCc1ccccc1)N(Cc1ccc(CNCc2ccccn2)cc1)c1nc2ccccc2cc1C1C=CC2=C(CCc3c2ccc2ccccc32)C1. The standard InChI is InChI=1S/C49H43N5O/c55-49(52-31-34-10-2-1-3-11-34)54(33-36-19-17-35(18-20-36)30-50-32-41-14-8-9-27-51-41)48-46(29-40-13-5-7-16-47(40)53-48)39-22-24-43-38(28-39)23-26-44-42-15-6-4-12-37(42)21-25-45(43)44/h1-22,24-25,27,29,39,50H,23,26,28,30-33H2,(H,52,55). The highest BCUT2D eigenvalue weighted by Crippen LogP contribution is 2.45. The van der Waals surface area contributed by atoms with Crippen molar-refractivity contribution in [3.63, 3.8) is 0 Å². The summed E-state index contributed by atoms with van der Waals surface area (Å²) in [7, 11) is 0. The quantitative estimate of drug-likeness (QED) is 0.148. The summed E-state index contributed by atoms with van der Waals surface area (Å²) >= 11 is 0. The largest absolute Gasteiger partial charge is 0.334 e. The molecular formula is C49H43N5O. The van der Waals surface area contributed by atoms with E-state index in [2.05, 4.69) is 107 Å². The number of hydrogen-bond donors (Lipinski definition) is 2. The second-order valence-corrected chi connectivity index (χ2v) is 14.6. The van der Waals surface area contributed by atoms with E-state index in [4.69, 9.17) is 4.98 Å². The fraction of sp³-hybridized carbons (Fsp3) is 0.163. The van der Waals surface area contributed by atoms with Gasteiger partial charge in [0.15, 0.2) is 0 Å². The average Bonchev–Trinajstić information content (AvgIpc) is 3.25. The van der Waals surface area contributed by atoms with E-state index in [1.54, 1.807) is 0 Å². The van der Waals surface area contributed by atoms with Crippen LogP contribution < -0.4 is 15.5 Å². The molecule has 270 valence electrons. The Morgan fingerprint density at radius 3 is 2.33 bits per heavy atom. The highest BCUT2D eigenvalue weighted by Gasteiger charge is 2.29. The van der Waals surface area contributed by atoms with Gasteiger partial charge < -0.3 is 10.6 Å². The lowest BCUT2D eigenvalue weighted by Gasteiger charge is -2.31. The van der Waals surface area contributed by atoms with Gasteiger partial charge in [0.05, 0.1) is 17.8 Å². The van der Waals surface area contributed by atoms with Crippen molar-refractivity contribution in [2.24, 2.45) is 0 Å². The third kappa shape index (κ3) is 7.42. The minimum absolute atomic E-state index is 0.0739. The van der Waals surface area contributed by atoms with Gasteiger partial charge in [-0.25, -0.2) is 9.78 Å². The fourth-order valence-electron chi connectivity index (χ4n) is 8.14. The highest BCUT2D eigenvalue weighted by molar-refractivity contribution is 5.96. The van der Waals surface area contributed by atoms with Crippen LogP contribution >= 0.6 is 0 Å². The molecule has 55 heavy (non-hydrogen) atoms. The molecule has 2 aliphatic carbocycles. The molecule has 0 bridgehead atoms. The predicted molar refractivity (Wildman–Crippen MR) is 224 cm³/mol. The number of allylic oxidation sites excluding steroid dienone is 4. The maximum Gasteiger partial charge on any atom is 0.323 e. The van der Waals surface area contributed by atoms with Crippen molar-refractivity contribution in [3.8, 4) is 0 Å². The number of carbonyl (C=O) groups excluding carboxylic acids is 1. The van der Waals surface area contributed by atoms with Crippen LogP contribution in [0.25, 0.3) is 27.2 Å². The molecule has 0 aliphatic heterocycles. The van der Waals surface area contributed by atoms with Gasteiger partial charge in [-0.05, 0) is 87.7 Å². The van der Waals surface area contributed by atoms with Crippen LogP contribution in [-0.2, 0) is 32.6 Å². The molecule has 1 unspecified atom stereocenters. The Labute approximate surface area is 322 Å². The normalized spacial score (nSPS) is 14.8. The minimum Gasteiger partial charge on any atom is -0.334 e. The molecule has 0 spiro atoms. The first-order chi connectivity index (χ1) is 27.2. The Hall–Kier alpha value is -6.37. The third-order valence-electron chi connectivity index (χ3n) is 11.0. The number of nitrogens with one attached hydrogen (secondary N) is 2. The molecule has 9 rings (SSSR count). The number of anilines is 1. The lowest BCUT2D eigenvalue weighted by molar-refractivity contribution is 0.245. The smallest absolute Gasteiger partial charge is 0.323 e. The number of para-hydroxylation sites is 1. The summed E-state index contributed by atoms with van der Waals surface area (Å²) in [5.41, 5.74) is 11.8. The van der Waals surface area contributed by atoms with E-state index in [9.17, 15) is 4.79 Å². The van der Waals surface area contributed by atoms with Gasteiger partial charge in [-0.2, -0.15) is 0 Å². The van der Waals surface area contributed by atoms with Crippen molar-refractivity contribution >= 4 is 39.1 Å². The van der Waals surface area contributed by atoms with Gasteiger partial charge in [-0.1, -0.05) is 133 Å². The van der Waals surface area contributed by atoms with E-state index in [-0.39, 0.29) is 11.9 Å². The molecule has 5 aromatic carbocycles. The topological polar surface area (TPSA) is 70.2 Å². The molecule has 0 radical (unpaired) electrons. The Bertz CT molecular complexity index is 2540. The van der Waals surface area contributed by atoms with E-state index >= 15 is 0 Å². The van der Waals surface area contributed by atoms with Crippen molar-refractivity contribution in [3.05, 3.63) is 203 Å². The first-order valence-corrected chi connectivity index (χ1v) is 19.2. The van der Waals surface area contributed by atoms with Gasteiger partial charge in [-0.15, -0.1) is 0 Å². The number of benzene rings is 5. The van der Waals surface area contributed by atoms with Crippen LogP contribution in [0.4, 0.5) is 10.6 Å². The molecule has 2 aromatic heterocycles. The average molecular weight is 718 g/mol. The van der Waals surface area contributed by atoms with Gasteiger partial charge in [0.25, 0.3) is 0 Å². The summed E-state index contributed by atoms with van der Waals surface area (Å²) in [5.74, 6) is 0.774. The lowest BCUT2D eigenvalue weighted by Crippen LogP contribution is -2.40. The number of aromatic nitrogens is 2. The zero-order chi connectivity index (χ0) is 37.0. The maximum atomic E-state index is 14.4. The van der Waals surface area contributed by atoms with Crippen LogP contribution in [-0.4, -0.2) is 16.0 Å². The molecule has 0 saturated carbocycles. The molecule has 0 fully saturated rings. The monoisotopic (exact) mass is 717 g/mol. The minimum atomic E-state index is -0.174. The zero-order valence-electron chi connectivity index (χ0n) is 30.8. The molecular weight excluding hydrogens is 675 g/mol. The number of carbonyl (C=O) groups is 1. The zero-order valence-corrected chi connectivity index (χ0v) is 30.8. The molecule has 2 aliphatic rings. The number of nitrogens with zero attached hydrogens (tertiary/aromatic N) is 3. The summed E-state index contributed by atoms with van der Waals surface area (Å²) in [4.78, 5) is 26.0. The molecule has 1 atom stereocenters. The molecule has 2 N–H and O–H groups in total. The highest BCUT2D eigenvalue weighted by atomic mass is 16.2. The van der Waals surface area contributed by atoms with Gasteiger partial charge >= 0.3 is 6.03 Å². The summed E-state index contributed by atoms with van der Waals surface area (Å²) in [6.45, 7) is 2.23. The van der Waals surface area contributed by atoms with Gasteiger partial charge in [0.1, 0.15) is 5.82 Å². The summed E-state index contributed by atoms with van der Waals surface area (Å²) < 4.78 is 0. The van der Waals surface area contributed by atoms with Crippen molar-refractivity contribution in [1.82, 2.24) is 20.6 Å². The fourth-order valence-corrected chi connectivity index (χ4v) is 8.14. The van der Waals surface area contributed by atoms with E-state index in [1.165, 1.54) is 38.6 Å². The van der Waals surface area contributed by atoms with Crippen LogP contribution in [0.3, 0.4) is 0 Å². The first kappa shape index (κ1) is 34.4. The van der Waals surface area contributed by atoms with Crippen LogP contribution in [0, 0.1) is 0 Å². The molecule has 6 nitrogen and oxygen atoms in total. The van der Waals surface area contributed by atoms with Crippen molar-refractivity contribution in [1.29, 1.82) is 0 Å². The number of hydrogen-bond acceptors (Lipinski definition) is 4. The Morgan fingerprint density at radius 1 is 0.709 bits per heavy atom. The van der Waals surface area contributed by atoms with Gasteiger partial charge in [0, 0.05) is 42.7 Å². The molecule has 7 aromatic rings. The molecule has 6 heteroatoms.